The SMILES string of the molecule is CCN(C)CC(=O)N1CCC(Oc2ccccc2OC)(C(=O)O)CC1. The summed E-state index contributed by atoms with van der Waals surface area (Å²) in [5.41, 5.74) is -1.35. The first-order chi connectivity index (χ1) is 11.9. The second-order valence-corrected chi connectivity index (χ2v) is 6.26. The van der Waals surface area contributed by atoms with E-state index in [1.807, 2.05) is 18.9 Å². The van der Waals surface area contributed by atoms with Crippen LogP contribution >= 0.6 is 0 Å². The van der Waals surface area contributed by atoms with Gasteiger partial charge in [0, 0.05) is 25.9 Å². The molecule has 7 nitrogen and oxygen atoms in total. The Balaban J connectivity index is 2.08. The Morgan fingerprint density at radius 1 is 1.24 bits per heavy atom. The van der Waals surface area contributed by atoms with E-state index < -0.39 is 11.6 Å². The molecule has 0 radical (unpaired) electrons. The quantitative estimate of drug-likeness (QED) is 0.802. The lowest BCUT2D eigenvalue weighted by Gasteiger charge is -2.39. The summed E-state index contributed by atoms with van der Waals surface area (Å²) in [5.74, 6) is -0.110. The highest BCUT2D eigenvalue weighted by atomic mass is 16.5. The van der Waals surface area contributed by atoms with Crippen LogP contribution in [0, 0.1) is 0 Å². The van der Waals surface area contributed by atoms with E-state index in [2.05, 4.69) is 0 Å². The third-order valence-electron chi connectivity index (χ3n) is 4.63. The van der Waals surface area contributed by atoms with Gasteiger partial charge in [0.15, 0.2) is 11.5 Å². The maximum atomic E-state index is 12.3. The van der Waals surface area contributed by atoms with Crippen molar-refractivity contribution in [1.82, 2.24) is 9.80 Å². The minimum Gasteiger partial charge on any atom is -0.493 e. The second kappa shape index (κ2) is 8.20. The molecule has 2 rings (SSSR count). The largest absolute Gasteiger partial charge is 0.493 e. The van der Waals surface area contributed by atoms with E-state index in [0.29, 0.717) is 31.1 Å². The van der Waals surface area contributed by atoms with E-state index in [9.17, 15) is 14.7 Å². The highest BCUT2D eigenvalue weighted by Gasteiger charge is 2.45. The van der Waals surface area contributed by atoms with E-state index in [-0.39, 0.29) is 18.7 Å². The number of amides is 1. The number of ether oxygens (including phenoxy) is 2. The van der Waals surface area contributed by atoms with E-state index in [4.69, 9.17) is 9.47 Å². The maximum absolute atomic E-state index is 12.3. The van der Waals surface area contributed by atoms with Crippen LogP contribution in [-0.2, 0) is 9.59 Å². The molecule has 25 heavy (non-hydrogen) atoms. The van der Waals surface area contributed by atoms with Crippen molar-refractivity contribution in [3.05, 3.63) is 24.3 Å². The van der Waals surface area contributed by atoms with Gasteiger partial charge in [0.05, 0.1) is 13.7 Å². The molecule has 1 aliphatic heterocycles. The molecule has 1 aromatic rings. The fourth-order valence-electron chi connectivity index (χ4n) is 2.83. The minimum absolute atomic E-state index is 0.0145. The summed E-state index contributed by atoms with van der Waals surface area (Å²) in [4.78, 5) is 27.8. The van der Waals surface area contributed by atoms with E-state index in [1.54, 1.807) is 29.2 Å². The van der Waals surface area contributed by atoms with Crippen LogP contribution in [0.1, 0.15) is 19.8 Å². The van der Waals surface area contributed by atoms with Crippen molar-refractivity contribution < 1.29 is 24.2 Å². The molecule has 0 unspecified atom stereocenters. The molecular formula is C18H26N2O5. The Bertz CT molecular complexity index is 611. The molecule has 0 aromatic heterocycles. The zero-order valence-electron chi connectivity index (χ0n) is 15.0. The molecule has 0 bridgehead atoms. The number of methoxy groups -OCH3 is 1. The molecule has 0 spiro atoms. The van der Waals surface area contributed by atoms with Crippen LogP contribution in [0.3, 0.4) is 0 Å². The van der Waals surface area contributed by atoms with Gasteiger partial charge < -0.3 is 19.5 Å². The van der Waals surface area contributed by atoms with Gasteiger partial charge in [-0.2, -0.15) is 0 Å². The fraction of sp³-hybridized carbons (Fsp3) is 0.556. The number of para-hydroxylation sites is 2. The highest BCUT2D eigenvalue weighted by molar-refractivity contribution is 5.81. The Morgan fingerprint density at radius 3 is 2.36 bits per heavy atom. The molecule has 1 aromatic carbocycles. The van der Waals surface area contributed by atoms with Crippen LogP contribution in [0.5, 0.6) is 11.5 Å². The Hall–Kier alpha value is -2.28. The van der Waals surface area contributed by atoms with Gasteiger partial charge in [0.2, 0.25) is 11.5 Å². The van der Waals surface area contributed by atoms with Crippen molar-refractivity contribution >= 4 is 11.9 Å². The number of carbonyl (C=O) groups excluding carboxylic acids is 1. The normalized spacial score (nSPS) is 16.6. The second-order valence-electron chi connectivity index (χ2n) is 6.26. The number of nitrogens with zero attached hydrogens (tertiary/aromatic N) is 2. The molecule has 0 aliphatic carbocycles. The Labute approximate surface area is 148 Å². The number of rotatable bonds is 7. The lowest BCUT2D eigenvalue weighted by atomic mass is 9.91. The first-order valence-corrected chi connectivity index (χ1v) is 8.43. The number of aliphatic carboxylic acids is 1. The topological polar surface area (TPSA) is 79.3 Å². The van der Waals surface area contributed by atoms with Crippen molar-refractivity contribution in [2.45, 2.75) is 25.4 Å². The summed E-state index contributed by atoms with van der Waals surface area (Å²) < 4.78 is 11.1. The number of hydrogen-bond donors (Lipinski definition) is 1. The molecule has 138 valence electrons. The number of benzene rings is 1. The number of hydrogen-bond acceptors (Lipinski definition) is 5. The average Bonchev–Trinajstić information content (AvgIpc) is 2.62. The summed E-state index contributed by atoms with van der Waals surface area (Å²) in [6.07, 6.45) is 0.476. The third-order valence-corrected chi connectivity index (χ3v) is 4.63. The number of likely N-dealkylation sites (tertiary alicyclic amines) is 1. The number of carboxylic acids is 1. The summed E-state index contributed by atoms with van der Waals surface area (Å²) >= 11 is 0. The van der Waals surface area contributed by atoms with E-state index in [0.717, 1.165) is 6.54 Å². The highest BCUT2D eigenvalue weighted by Crippen LogP contribution is 2.34. The first kappa shape index (κ1) is 19.1. The zero-order valence-corrected chi connectivity index (χ0v) is 15.0. The van der Waals surface area contributed by atoms with Crippen LogP contribution < -0.4 is 9.47 Å². The number of piperidine rings is 1. The van der Waals surface area contributed by atoms with Crippen molar-refractivity contribution in [3.63, 3.8) is 0 Å². The lowest BCUT2D eigenvalue weighted by Crippen LogP contribution is -2.55. The number of carbonyl (C=O) groups is 2. The number of carboxylic acid groups (broad SMARTS) is 1. The summed E-state index contributed by atoms with van der Waals surface area (Å²) in [7, 11) is 3.40. The van der Waals surface area contributed by atoms with Gasteiger partial charge in [-0.1, -0.05) is 19.1 Å². The standard InChI is InChI=1S/C18H26N2O5/c1-4-19(2)13-16(21)20-11-9-18(10-12-20,17(22)23)25-15-8-6-5-7-14(15)24-3/h5-8H,4,9-13H2,1-3H3,(H,22,23). The summed E-state index contributed by atoms with van der Waals surface area (Å²) in [5, 5.41) is 9.74. The molecule has 1 N–H and O–H groups in total. The van der Waals surface area contributed by atoms with Crippen LogP contribution in [0.25, 0.3) is 0 Å². The molecule has 1 heterocycles. The van der Waals surface area contributed by atoms with Crippen molar-refractivity contribution in [3.8, 4) is 11.5 Å². The van der Waals surface area contributed by atoms with Gasteiger partial charge in [-0.25, -0.2) is 4.79 Å². The molecule has 7 heteroatoms. The monoisotopic (exact) mass is 350 g/mol. The first-order valence-electron chi connectivity index (χ1n) is 8.43. The molecule has 0 atom stereocenters. The molecular weight excluding hydrogens is 324 g/mol. The van der Waals surface area contributed by atoms with Gasteiger partial charge in [0.25, 0.3) is 0 Å². The van der Waals surface area contributed by atoms with Crippen LogP contribution in [0.4, 0.5) is 0 Å². The van der Waals surface area contributed by atoms with E-state index in [1.165, 1.54) is 7.11 Å². The Kier molecular flexibility index (Phi) is 6.25. The van der Waals surface area contributed by atoms with Crippen molar-refractivity contribution in [2.75, 3.05) is 40.3 Å². The summed E-state index contributed by atoms with van der Waals surface area (Å²) in [6, 6.07) is 6.98. The Morgan fingerprint density at radius 2 is 1.84 bits per heavy atom. The third kappa shape index (κ3) is 4.42. The lowest BCUT2D eigenvalue weighted by molar-refractivity contribution is -0.162. The molecule has 1 amide bonds. The predicted molar refractivity (Wildman–Crippen MR) is 93.0 cm³/mol. The van der Waals surface area contributed by atoms with Crippen molar-refractivity contribution in [1.29, 1.82) is 0 Å². The van der Waals surface area contributed by atoms with Crippen LogP contribution in [-0.4, -0.2) is 72.7 Å². The smallest absolute Gasteiger partial charge is 0.348 e. The van der Waals surface area contributed by atoms with Crippen LogP contribution in [0.15, 0.2) is 24.3 Å². The molecule has 0 saturated carbocycles. The molecule has 1 saturated heterocycles. The molecule has 1 aliphatic rings. The van der Waals surface area contributed by atoms with E-state index >= 15 is 0 Å². The summed E-state index contributed by atoms with van der Waals surface area (Å²) in [6.45, 7) is 3.83. The minimum atomic E-state index is -1.35. The predicted octanol–water partition coefficient (Wildman–Crippen LogP) is 1.47. The zero-order chi connectivity index (χ0) is 18.4. The van der Waals surface area contributed by atoms with Crippen molar-refractivity contribution in [2.24, 2.45) is 0 Å². The fourth-order valence-corrected chi connectivity index (χ4v) is 2.83. The van der Waals surface area contributed by atoms with Gasteiger partial charge >= 0.3 is 5.97 Å². The average molecular weight is 350 g/mol. The number of likely N-dealkylation sites (N-methyl/N-ethyl adjacent to an activating group) is 1. The van der Waals surface area contributed by atoms with Gasteiger partial charge in [-0.15, -0.1) is 0 Å². The van der Waals surface area contributed by atoms with Gasteiger partial charge in [-0.3, -0.25) is 9.69 Å². The van der Waals surface area contributed by atoms with Gasteiger partial charge in [0.1, 0.15) is 0 Å². The van der Waals surface area contributed by atoms with Crippen LogP contribution in [0.2, 0.25) is 0 Å². The van der Waals surface area contributed by atoms with Gasteiger partial charge in [-0.05, 0) is 25.7 Å². The maximum Gasteiger partial charge on any atom is 0.348 e. The molecule has 1 fully saturated rings.